The Labute approximate surface area is 163 Å². The summed E-state index contributed by atoms with van der Waals surface area (Å²) in [7, 11) is -3.85. The molecular formula is C18H27F3N3O3S+. The molecule has 1 aliphatic heterocycles. The zero-order chi connectivity index (χ0) is 21.1. The maximum atomic E-state index is 12.7. The number of nitrogens with zero attached hydrogens (tertiary/aromatic N) is 1. The van der Waals surface area contributed by atoms with Crippen LogP contribution in [0.25, 0.3) is 0 Å². The summed E-state index contributed by atoms with van der Waals surface area (Å²) in [6.07, 6.45) is -4.51. The van der Waals surface area contributed by atoms with E-state index in [1.807, 2.05) is 20.8 Å². The minimum Gasteiger partial charge on any atom is -0.348 e. The second-order valence-corrected chi connectivity index (χ2v) is 9.39. The smallest absolute Gasteiger partial charge is 0.348 e. The lowest BCUT2D eigenvalue weighted by molar-refractivity contribution is -0.895. The van der Waals surface area contributed by atoms with E-state index in [-0.39, 0.29) is 36.5 Å². The van der Waals surface area contributed by atoms with Crippen LogP contribution in [0.1, 0.15) is 26.3 Å². The maximum Gasteiger partial charge on any atom is 0.416 e. The van der Waals surface area contributed by atoms with Gasteiger partial charge in [-0.1, -0.05) is 13.8 Å². The highest BCUT2D eigenvalue weighted by molar-refractivity contribution is 7.89. The predicted molar refractivity (Wildman–Crippen MR) is 98.2 cm³/mol. The molecule has 6 nitrogen and oxygen atoms in total. The van der Waals surface area contributed by atoms with Gasteiger partial charge in [0.15, 0.2) is 6.54 Å². The van der Waals surface area contributed by atoms with Crippen molar-refractivity contribution < 1.29 is 31.3 Å². The van der Waals surface area contributed by atoms with Gasteiger partial charge in [0.1, 0.15) is 0 Å². The highest BCUT2D eigenvalue weighted by Gasteiger charge is 2.33. The standard InChI is InChI=1S/C18H26F3N3O3S/c1-13(2)14(3)22-17(25)12-23-8-10-24(11-9-23)28(26,27)16-6-4-15(5-7-16)18(19,20)21/h4-7,13-14H,8-12H2,1-3H3,(H,22,25)/p+1/t14-/m1/s1. The molecule has 2 N–H and O–H groups in total. The number of hydrogen-bond donors (Lipinski definition) is 2. The van der Waals surface area contributed by atoms with Crippen molar-refractivity contribution in [3.8, 4) is 0 Å². The van der Waals surface area contributed by atoms with Gasteiger partial charge in [-0.3, -0.25) is 4.79 Å². The molecule has 0 saturated carbocycles. The largest absolute Gasteiger partial charge is 0.416 e. The summed E-state index contributed by atoms with van der Waals surface area (Å²) in [5.74, 6) is 0.250. The molecule has 1 heterocycles. The lowest BCUT2D eigenvalue weighted by Gasteiger charge is -2.31. The zero-order valence-corrected chi connectivity index (χ0v) is 17.0. The lowest BCUT2D eigenvalue weighted by atomic mass is 10.1. The van der Waals surface area contributed by atoms with Gasteiger partial charge in [-0.15, -0.1) is 0 Å². The van der Waals surface area contributed by atoms with Gasteiger partial charge in [0.05, 0.1) is 36.6 Å². The SMILES string of the molecule is CC(C)[C@@H](C)NC(=O)C[NH+]1CCN(S(=O)(=O)c2ccc(C(F)(F)F)cc2)CC1. The quantitative estimate of drug-likeness (QED) is 0.711. The number of piperazine rings is 1. The van der Waals surface area contributed by atoms with Crippen LogP contribution < -0.4 is 10.2 Å². The Bertz CT molecular complexity index is 772. The van der Waals surface area contributed by atoms with Crippen LogP contribution >= 0.6 is 0 Å². The van der Waals surface area contributed by atoms with Gasteiger partial charge in [-0.05, 0) is 37.1 Å². The number of carbonyl (C=O) groups excluding carboxylic acids is 1. The van der Waals surface area contributed by atoms with E-state index >= 15 is 0 Å². The van der Waals surface area contributed by atoms with E-state index in [1.165, 1.54) is 4.31 Å². The minimum absolute atomic E-state index is 0.0632. The van der Waals surface area contributed by atoms with Crippen molar-refractivity contribution in [2.45, 2.75) is 37.9 Å². The molecule has 10 heteroatoms. The average Bonchev–Trinajstić information content (AvgIpc) is 2.61. The molecule has 1 saturated heterocycles. The van der Waals surface area contributed by atoms with Gasteiger partial charge in [0.2, 0.25) is 10.0 Å². The summed E-state index contributed by atoms with van der Waals surface area (Å²) >= 11 is 0. The van der Waals surface area contributed by atoms with Gasteiger partial charge in [-0.25, -0.2) is 8.42 Å². The lowest BCUT2D eigenvalue weighted by Crippen LogP contribution is -3.15. The third-order valence-corrected chi connectivity index (χ3v) is 6.96. The van der Waals surface area contributed by atoms with Crippen LogP contribution in [0.5, 0.6) is 0 Å². The van der Waals surface area contributed by atoms with E-state index in [9.17, 15) is 26.4 Å². The van der Waals surface area contributed by atoms with Crippen molar-refractivity contribution in [1.29, 1.82) is 0 Å². The van der Waals surface area contributed by atoms with Crippen LogP contribution in [0.2, 0.25) is 0 Å². The molecule has 1 fully saturated rings. The number of sulfonamides is 1. The molecular weight excluding hydrogens is 395 g/mol. The van der Waals surface area contributed by atoms with E-state index in [0.717, 1.165) is 29.2 Å². The van der Waals surface area contributed by atoms with Crippen LogP contribution in [-0.2, 0) is 21.0 Å². The fraction of sp³-hybridized carbons (Fsp3) is 0.611. The Morgan fingerprint density at radius 3 is 2.14 bits per heavy atom. The number of rotatable bonds is 6. The number of hydrogen-bond acceptors (Lipinski definition) is 3. The Kier molecular flexibility index (Phi) is 7.11. The fourth-order valence-electron chi connectivity index (χ4n) is 2.88. The molecule has 1 aliphatic rings. The normalized spacial score (nSPS) is 18.2. The second-order valence-electron chi connectivity index (χ2n) is 7.45. The van der Waals surface area contributed by atoms with E-state index < -0.39 is 21.8 Å². The van der Waals surface area contributed by atoms with Crippen LogP contribution in [0.3, 0.4) is 0 Å². The highest BCUT2D eigenvalue weighted by Crippen LogP contribution is 2.30. The summed E-state index contributed by atoms with van der Waals surface area (Å²) in [5, 5.41) is 2.93. The first-order valence-corrected chi connectivity index (χ1v) is 10.7. The average molecular weight is 422 g/mol. The van der Waals surface area contributed by atoms with E-state index in [2.05, 4.69) is 5.32 Å². The third kappa shape index (κ3) is 5.68. The van der Waals surface area contributed by atoms with E-state index in [4.69, 9.17) is 0 Å². The van der Waals surface area contributed by atoms with Crippen molar-refractivity contribution in [1.82, 2.24) is 9.62 Å². The molecule has 0 aromatic heterocycles. The summed E-state index contributed by atoms with van der Waals surface area (Å²) in [4.78, 5) is 12.9. The number of quaternary nitrogens is 1. The summed E-state index contributed by atoms with van der Waals surface area (Å²) in [5.41, 5.74) is -0.887. The van der Waals surface area contributed by atoms with Gasteiger partial charge in [0.25, 0.3) is 5.91 Å². The molecule has 158 valence electrons. The molecule has 0 aliphatic carbocycles. The van der Waals surface area contributed by atoms with E-state index in [0.29, 0.717) is 19.0 Å². The van der Waals surface area contributed by atoms with Crippen LogP contribution in [0.15, 0.2) is 29.2 Å². The highest BCUT2D eigenvalue weighted by atomic mass is 32.2. The molecule has 2 rings (SSSR count). The number of amides is 1. The molecule has 0 spiro atoms. The van der Waals surface area contributed by atoms with Crippen molar-refractivity contribution in [2.24, 2.45) is 5.92 Å². The van der Waals surface area contributed by atoms with Gasteiger partial charge in [-0.2, -0.15) is 17.5 Å². The summed E-state index contributed by atoms with van der Waals surface area (Å²) < 4.78 is 64.5. The van der Waals surface area contributed by atoms with Crippen molar-refractivity contribution >= 4 is 15.9 Å². The molecule has 0 bridgehead atoms. The van der Waals surface area contributed by atoms with Crippen molar-refractivity contribution in [2.75, 3.05) is 32.7 Å². The van der Waals surface area contributed by atoms with Crippen molar-refractivity contribution in [3.05, 3.63) is 29.8 Å². The first-order chi connectivity index (χ1) is 12.9. The minimum atomic E-state index is -4.51. The third-order valence-electron chi connectivity index (χ3n) is 5.05. The first kappa shape index (κ1) is 22.6. The molecule has 0 radical (unpaired) electrons. The number of nitrogens with one attached hydrogen (secondary N) is 2. The molecule has 1 aromatic rings. The molecule has 1 amide bonds. The van der Waals surface area contributed by atoms with Crippen LogP contribution in [0.4, 0.5) is 13.2 Å². The van der Waals surface area contributed by atoms with Crippen LogP contribution in [0, 0.1) is 5.92 Å². The monoisotopic (exact) mass is 422 g/mol. The Hall–Kier alpha value is -1.65. The summed E-state index contributed by atoms with van der Waals surface area (Å²) in [6.45, 7) is 7.59. The molecule has 1 aromatic carbocycles. The van der Waals surface area contributed by atoms with Crippen LogP contribution in [-0.4, -0.2) is 57.4 Å². The fourth-order valence-corrected chi connectivity index (χ4v) is 4.32. The maximum absolute atomic E-state index is 12.7. The Morgan fingerprint density at radius 1 is 1.14 bits per heavy atom. The van der Waals surface area contributed by atoms with E-state index in [1.54, 1.807) is 0 Å². The number of carbonyl (C=O) groups is 1. The number of halogens is 3. The van der Waals surface area contributed by atoms with Gasteiger partial charge >= 0.3 is 6.18 Å². The molecule has 28 heavy (non-hydrogen) atoms. The Balaban J connectivity index is 1.94. The zero-order valence-electron chi connectivity index (χ0n) is 16.2. The summed E-state index contributed by atoms with van der Waals surface area (Å²) in [6, 6.07) is 3.58. The second kappa shape index (κ2) is 8.79. The predicted octanol–water partition coefficient (Wildman–Crippen LogP) is 0.755. The van der Waals surface area contributed by atoms with Gasteiger partial charge < -0.3 is 10.2 Å². The molecule has 1 atom stereocenters. The number of benzene rings is 1. The number of alkyl halides is 3. The molecule has 0 unspecified atom stereocenters. The topological polar surface area (TPSA) is 70.9 Å². The van der Waals surface area contributed by atoms with Gasteiger partial charge in [0, 0.05) is 6.04 Å². The van der Waals surface area contributed by atoms with Crippen molar-refractivity contribution in [3.63, 3.8) is 0 Å². The Morgan fingerprint density at radius 2 is 1.68 bits per heavy atom. The first-order valence-electron chi connectivity index (χ1n) is 9.21.